The second-order valence-electron chi connectivity index (χ2n) is 5.42. The molecule has 2 N–H and O–H groups in total. The zero-order valence-corrected chi connectivity index (χ0v) is 15.3. The van der Waals surface area contributed by atoms with E-state index in [0.717, 1.165) is 5.56 Å². The highest BCUT2D eigenvalue weighted by atomic mass is 35.5. The van der Waals surface area contributed by atoms with Gasteiger partial charge in [-0.05, 0) is 42.8 Å². The molecule has 0 radical (unpaired) electrons. The Morgan fingerprint density at radius 2 is 1.92 bits per heavy atom. The van der Waals surface area contributed by atoms with Crippen LogP contribution in [0.15, 0.2) is 66.1 Å². The molecule has 2 rings (SSSR count). The van der Waals surface area contributed by atoms with E-state index in [0.29, 0.717) is 5.02 Å². The van der Waals surface area contributed by atoms with Gasteiger partial charge in [-0.1, -0.05) is 35.9 Å². The topological polar surface area (TPSA) is 75.3 Å². The van der Waals surface area contributed by atoms with Crippen LogP contribution in [-0.2, 0) is 10.0 Å². The van der Waals surface area contributed by atoms with E-state index in [9.17, 15) is 13.2 Å². The van der Waals surface area contributed by atoms with E-state index in [2.05, 4.69) is 16.6 Å². The lowest BCUT2D eigenvalue weighted by molar-refractivity contribution is 0.0939. The Balaban J connectivity index is 2.15. The van der Waals surface area contributed by atoms with Gasteiger partial charge in [-0.2, -0.15) is 0 Å². The van der Waals surface area contributed by atoms with Crippen LogP contribution in [0.25, 0.3) is 0 Å². The van der Waals surface area contributed by atoms with Gasteiger partial charge in [0.2, 0.25) is 10.0 Å². The Bertz CT molecular complexity index is 864. The summed E-state index contributed by atoms with van der Waals surface area (Å²) >= 11 is 5.86. The molecule has 7 heteroatoms. The van der Waals surface area contributed by atoms with Gasteiger partial charge in [0, 0.05) is 17.1 Å². The van der Waals surface area contributed by atoms with Crippen molar-refractivity contribution in [2.75, 3.05) is 6.54 Å². The molecule has 0 aromatic heterocycles. The predicted molar refractivity (Wildman–Crippen MR) is 99.2 cm³/mol. The summed E-state index contributed by atoms with van der Waals surface area (Å²) in [6.07, 6.45) is 1.45. The third-order valence-electron chi connectivity index (χ3n) is 3.54. The maximum absolute atomic E-state index is 12.4. The van der Waals surface area contributed by atoms with E-state index in [1.807, 2.05) is 19.1 Å². The molecule has 0 aliphatic carbocycles. The van der Waals surface area contributed by atoms with Crippen molar-refractivity contribution < 1.29 is 13.2 Å². The van der Waals surface area contributed by atoms with Crippen LogP contribution < -0.4 is 10.0 Å². The van der Waals surface area contributed by atoms with E-state index in [1.54, 1.807) is 18.2 Å². The van der Waals surface area contributed by atoms with E-state index in [-0.39, 0.29) is 29.0 Å². The molecule has 1 unspecified atom stereocenters. The van der Waals surface area contributed by atoms with Crippen molar-refractivity contribution in [1.82, 2.24) is 10.0 Å². The summed E-state index contributed by atoms with van der Waals surface area (Å²) in [5.74, 6) is -0.358. The SMILES string of the molecule is C=CCNS(=O)(=O)c1cccc(C(=O)NC(C)c2ccc(Cl)cc2)c1. The lowest BCUT2D eigenvalue weighted by Gasteiger charge is -2.15. The number of carbonyl (C=O) groups is 1. The van der Waals surface area contributed by atoms with Gasteiger partial charge in [-0.25, -0.2) is 13.1 Å². The van der Waals surface area contributed by atoms with Gasteiger partial charge in [0.1, 0.15) is 0 Å². The fourth-order valence-corrected chi connectivity index (χ4v) is 3.34. The first kappa shape index (κ1) is 19.2. The van der Waals surface area contributed by atoms with Gasteiger partial charge in [-0.3, -0.25) is 4.79 Å². The molecule has 0 aliphatic rings. The molecule has 1 atom stereocenters. The van der Waals surface area contributed by atoms with Crippen molar-refractivity contribution in [2.45, 2.75) is 17.9 Å². The van der Waals surface area contributed by atoms with E-state index in [1.165, 1.54) is 24.3 Å². The second kappa shape index (κ2) is 8.29. The van der Waals surface area contributed by atoms with Crippen LogP contribution in [0, 0.1) is 0 Å². The van der Waals surface area contributed by atoms with Crippen LogP contribution in [-0.4, -0.2) is 20.9 Å². The average Bonchev–Trinajstić information content (AvgIpc) is 2.60. The maximum atomic E-state index is 12.4. The van der Waals surface area contributed by atoms with Crippen LogP contribution in [0.5, 0.6) is 0 Å². The molecule has 0 spiro atoms. The number of amides is 1. The lowest BCUT2D eigenvalue weighted by Crippen LogP contribution is -2.27. The molecule has 132 valence electrons. The van der Waals surface area contributed by atoms with E-state index in [4.69, 9.17) is 11.6 Å². The zero-order chi connectivity index (χ0) is 18.4. The maximum Gasteiger partial charge on any atom is 0.251 e. The summed E-state index contributed by atoms with van der Waals surface area (Å²) < 4.78 is 26.6. The minimum atomic E-state index is -3.68. The smallest absolute Gasteiger partial charge is 0.251 e. The molecular formula is C18H19ClN2O3S. The fraction of sp³-hybridized carbons (Fsp3) is 0.167. The molecule has 5 nitrogen and oxygen atoms in total. The van der Waals surface area contributed by atoms with Gasteiger partial charge in [-0.15, -0.1) is 6.58 Å². The molecule has 0 heterocycles. The standard InChI is InChI=1S/C18H19ClN2O3S/c1-3-11-20-25(23,24)17-6-4-5-15(12-17)18(22)21-13(2)14-7-9-16(19)10-8-14/h3-10,12-13,20H,1,11H2,2H3,(H,21,22). The second-order valence-corrected chi connectivity index (χ2v) is 7.62. The number of carbonyl (C=O) groups excluding carboxylic acids is 1. The van der Waals surface area contributed by atoms with Crippen LogP contribution in [0.1, 0.15) is 28.9 Å². The highest BCUT2D eigenvalue weighted by molar-refractivity contribution is 7.89. The highest BCUT2D eigenvalue weighted by Crippen LogP contribution is 2.17. The molecule has 2 aromatic rings. The lowest BCUT2D eigenvalue weighted by atomic mass is 10.1. The Hall–Kier alpha value is -2.15. The summed E-state index contributed by atoms with van der Waals surface area (Å²) in [6, 6.07) is 12.8. The number of halogens is 1. The third-order valence-corrected chi connectivity index (χ3v) is 5.22. The predicted octanol–water partition coefficient (Wildman–Crippen LogP) is 3.30. The first-order chi connectivity index (χ1) is 11.8. The molecule has 0 saturated heterocycles. The highest BCUT2D eigenvalue weighted by Gasteiger charge is 2.16. The van der Waals surface area contributed by atoms with Crippen LogP contribution >= 0.6 is 11.6 Å². The Kier molecular flexibility index (Phi) is 6.36. The molecule has 0 fully saturated rings. The molecular weight excluding hydrogens is 360 g/mol. The monoisotopic (exact) mass is 378 g/mol. The molecule has 2 aromatic carbocycles. The molecule has 25 heavy (non-hydrogen) atoms. The average molecular weight is 379 g/mol. The van der Waals surface area contributed by atoms with Crippen molar-refractivity contribution in [3.63, 3.8) is 0 Å². The van der Waals surface area contributed by atoms with E-state index >= 15 is 0 Å². The van der Waals surface area contributed by atoms with Crippen molar-refractivity contribution >= 4 is 27.5 Å². The van der Waals surface area contributed by atoms with Crippen LogP contribution in [0.4, 0.5) is 0 Å². The van der Waals surface area contributed by atoms with Crippen molar-refractivity contribution in [1.29, 1.82) is 0 Å². The van der Waals surface area contributed by atoms with Crippen molar-refractivity contribution in [2.24, 2.45) is 0 Å². The number of nitrogens with one attached hydrogen (secondary N) is 2. The molecule has 0 aliphatic heterocycles. The van der Waals surface area contributed by atoms with Gasteiger partial charge in [0.25, 0.3) is 5.91 Å². The van der Waals surface area contributed by atoms with E-state index < -0.39 is 10.0 Å². The quantitative estimate of drug-likeness (QED) is 0.726. The van der Waals surface area contributed by atoms with Gasteiger partial charge in [0.15, 0.2) is 0 Å². The van der Waals surface area contributed by atoms with Crippen molar-refractivity contribution in [3.8, 4) is 0 Å². The first-order valence-electron chi connectivity index (χ1n) is 7.60. The van der Waals surface area contributed by atoms with Gasteiger partial charge in [0.05, 0.1) is 10.9 Å². The Labute approximate surface area is 152 Å². The molecule has 0 bridgehead atoms. The number of hydrogen-bond donors (Lipinski definition) is 2. The van der Waals surface area contributed by atoms with Crippen molar-refractivity contribution in [3.05, 3.63) is 77.3 Å². The van der Waals surface area contributed by atoms with Crippen LogP contribution in [0.3, 0.4) is 0 Å². The Morgan fingerprint density at radius 1 is 1.24 bits per heavy atom. The number of benzene rings is 2. The van der Waals surface area contributed by atoms with Gasteiger partial charge < -0.3 is 5.32 Å². The summed E-state index contributed by atoms with van der Waals surface area (Å²) in [5, 5.41) is 3.46. The van der Waals surface area contributed by atoms with Gasteiger partial charge >= 0.3 is 0 Å². The number of hydrogen-bond acceptors (Lipinski definition) is 3. The minimum Gasteiger partial charge on any atom is -0.346 e. The zero-order valence-electron chi connectivity index (χ0n) is 13.7. The fourth-order valence-electron chi connectivity index (χ4n) is 2.17. The summed E-state index contributed by atoms with van der Waals surface area (Å²) in [6.45, 7) is 5.43. The number of rotatable bonds is 7. The third kappa shape index (κ3) is 5.16. The largest absolute Gasteiger partial charge is 0.346 e. The Morgan fingerprint density at radius 3 is 2.56 bits per heavy atom. The normalized spacial score (nSPS) is 12.4. The molecule has 0 saturated carbocycles. The number of sulfonamides is 1. The summed E-state index contributed by atoms with van der Waals surface area (Å²) in [4.78, 5) is 12.4. The molecule has 1 amide bonds. The first-order valence-corrected chi connectivity index (χ1v) is 9.46. The summed E-state index contributed by atoms with van der Waals surface area (Å²) in [7, 11) is -3.68. The van der Waals surface area contributed by atoms with Crippen LogP contribution in [0.2, 0.25) is 5.02 Å². The minimum absolute atomic E-state index is 0.0288. The summed E-state index contributed by atoms with van der Waals surface area (Å²) in [5.41, 5.74) is 1.16.